The van der Waals surface area contributed by atoms with E-state index in [0.717, 1.165) is 45.0 Å². The lowest BCUT2D eigenvalue weighted by Gasteiger charge is -2.35. The summed E-state index contributed by atoms with van der Waals surface area (Å²) in [4.78, 5) is 9.22. The summed E-state index contributed by atoms with van der Waals surface area (Å²) in [7, 11) is 0. The maximum atomic E-state index is 5.90. The third-order valence-corrected chi connectivity index (χ3v) is 4.46. The zero-order valence-electron chi connectivity index (χ0n) is 14.1. The largest absolute Gasteiger partial charge is 0.354 e. The number of hydrogen-bond acceptors (Lipinski definition) is 4. The molecule has 7 heteroatoms. The molecule has 0 bridgehead atoms. The summed E-state index contributed by atoms with van der Waals surface area (Å²) in [6.07, 6.45) is 2.66. The van der Waals surface area contributed by atoms with Gasteiger partial charge in [-0.25, -0.2) is 4.98 Å². The number of anilines is 1. The molecule has 1 aromatic heterocycles. The number of nitrogens with two attached hydrogens (primary N) is 1. The highest BCUT2D eigenvalue weighted by atomic mass is 35.5. The molecule has 2 aromatic rings. The fraction of sp³-hybridized carbons (Fsp3) is 0.389. The van der Waals surface area contributed by atoms with Crippen LogP contribution in [0.1, 0.15) is 11.1 Å². The lowest BCUT2D eigenvalue weighted by atomic mass is 10.1. The number of pyridine rings is 1. The van der Waals surface area contributed by atoms with Gasteiger partial charge in [0.25, 0.3) is 0 Å². The van der Waals surface area contributed by atoms with Crippen LogP contribution < -0.4 is 10.6 Å². The molecular formula is C18H25Cl3N4. The highest BCUT2D eigenvalue weighted by molar-refractivity contribution is 6.30. The number of benzene rings is 1. The second kappa shape index (κ2) is 10.8. The molecule has 4 nitrogen and oxygen atoms in total. The van der Waals surface area contributed by atoms with E-state index in [1.165, 1.54) is 11.1 Å². The maximum absolute atomic E-state index is 5.90. The minimum atomic E-state index is 0. The van der Waals surface area contributed by atoms with Gasteiger partial charge in [0.2, 0.25) is 0 Å². The van der Waals surface area contributed by atoms with Gasteiger partial charge in [-0.15, -0.1) is 24.8 Å². The Morgan fingerprint density at radius 3 is 2.36 bits per heavy atom. The third kappa shape index (κ3) is 6.32. The minimum absolute atomic E-state index is 0. The van der Waals surface area contributed by atoms with Crippen LogP contribution in [0.4, 0.5) is 5.82 Å². The van der Waals surface area contributed by atoms with Crippen LogP contribution in [-0.4, -0.2) is 42.6 Å². The zero-order valence-corrected chi connectivity index (χ0v) is 16.5. The molecule has 1 aliphatic rings. The van der Waals surface area contributed by atoms with Crippen molar-refractivity contribution in [2.45, 2.75) is 13.0 Å². The summed E-state index contributed by atoms with van der Waals surface area (Å²) < 4.78 is 0. The monoisotopic (exact) mass is 402 g/mol. The van der Waals surface area contributed by atoms with Gasteiger partial charge in [0.05, 0.1) is 5.02 Å². The van der Waals surface area contributed by atoms with Crippen molar-refractivity contribution in [1.29, 1.82) is 0 Å². The lowest BCUT2D eigenvalue weighted by molar-refractivity contribution is 0.249. The molecule has 0 spiro atoms. The maximum Gasteiger partial charge on any atom is 0.128 e. The summed E-state index contributed by atoms with van der Waals surface area (Å²) in [6.45, 7) is 5.79. The summed E-state index contributed by atoms with van der Waals surface area (Å²) in [5.41, 5.74) is 8.34. The molecule has 1 aromatic carbocycles. The van der Waals surface area contributed by atoms with E-state index < -0.39 is 0 Å². The lowest BCUT2D eigenvalue weighted by Crippen LogP contribution is -2.46. The first-order valence-electron chi connectivity index (χ1n) is 8.11. The number of nitrogens with zero attached hydrogens (tertiary/aromatic N) is 3. The average Bonchev–Trinajstić information content (AvgIpc) is 2.57. The minimum Gasteiger partial charge on any atom is -0.354 e. The van der Waals surface area contributed by atoms with E-state index in [-0.39, 0.29) is 24.8 Å². The normalized spacial score (nSPS) is 14.6. The number of hydrogen-bond donors (Lipinski definition) is 1. The van der Waals surface area contributed by atoms with Crippen molar-refractivity contribution in [2.24, 2.45) is 5.73 Å². The molecular weight excluding hydrogens is 379 g/mol. The van der Waals surface area contributed by atoms with E-state index in [1.54, 1.807) is 6.20 Å². The Morgan fingerprint density at radius 1 is 1.00 bits per heavy atom. The first-order valence-corrected chi connectivity index (χ1v) is 8.49. The summed E-state index contributed by atoms with van der Waals surface area (Å²) in [6, 6.07) is 12.7. The molecule has 0 atom stereocenters. The van der Waals surface area contributed by atoms with E-state index in [1.807, 2.05) is 12.1 Å². The highest BCUT2D eigenvalue weighted by Gasteiger charge is 2.18. The molecule has 138 valence electrons. The Hall–Kier alpha value is -1.04. The van der Waals surface area contributed by atoms with E-state index in [9.17, 15) is 0 Å². The fourth-order valence-corrected chi connectivity index (χ4v) is 3.11. The van der Waals surface area contributed by atoms with Gasteiger partial charge >= 0.3 is 0 Å². The standard InChI is InChI=1S/C18H23ClN4.2ClH/c19-17-4-5-18(21-13-17)23-10-8-22(9-11-23)14-16-3-1-2-15(12-16)6-7-20;;/h1-5,12-13H,6-11,14,20H2;2*1H. The quantitative estimate of drug-likeness (QED) is 0.831. The molecule has 2 N–H and O–H groups in total. The topological polar surface area (TPSA) is 45.4 Å². The molecule has 1 saturated heterocycles. The predicted molar refractivity (Wildman–Crippen MR) is 110 cm³/mol. The Morgan fingerprint density at radius 2 is 1.72 bits per heavy atom. The van der Waals surface area contributed by atoms with Gasteiger partial charge in [-0.3, -0.25) is 4.90 Å². The van der Waals surface area contributed by atoms with Gasteiger partial charge < -0.3 is 10.6 Å². The third-order valence-electron chi connectivity index (χ3n) is 4.24. The first kappa shape index (κ1) is 22.0. The number of piperazine rings is 1. The number of aromatic nitrogens is 1. The second-order valence-electron chi connectivity index (χ2n) is 5.96. The number of rotatable bonds is 5. The van der Waals surface area contributed by atoms with Crippen LogP contribution in [-0.2, 0) is 13.0 Å². The Bertz CT molecular complexity index is 628. The first-order chi connectivity index (χ1) is 11.2. The SMILES string of the molecule is Cl.Cl.NCCc1cccc(CN2CCN(c3ccc(Cl)cn3)CC2)c1. The van der Waals surface area contributed by atoms with E-state index >= 15 is 0 Å². The molecule has 25 heavy (non-hydrogen) atoms. The molecule has 2 heterocycles. The van der Waals surface area contributed by atoms with Crippen molar-refractivity contribution in [3.8, 4) is 0 Å². The molecule has 0 unspecified atom stereocenters. The van der Waals surface area contributed by atoms with Crippen LogP contribution >= 0.6 is 36.4 Å². The van der Waals surface area contributed by atoms with Gasteiger partial charge in [0.1, 0.15) is 5.82 Å². The van der Waals surface area contributed by atoms with E-state index in [2.05, 4.69) is 39.0 Å². The van der Waals surface area contributed by atoms with Gasteiger partial charge in [0.15, 0.2) is 0 Å². The Balaban J connectivity index is 0.00000156. The average molecular weight is 404 g/mol. The molecule has 3 rings (SSSR count). The zero-order chi connectivity index (χ0) is 16.1. The Kier molecular flexibility index (Phi) is 9.54. The van der Waals surface area contributed by atoms with Crippen LogP contribution in [0.5, 0.6) is 0 Å². The van der Waals surface area contributed by atoms with Crippen molar-refractivity contribution in [2.75, 3.05) is 37.6 Å². The van der Waals surface area contributed by atoms with Crippen LogP contribution in [0.3, 0.4) is 0 Å². The van der Waals surface area contributed by atoms with Gasteiger partial charge in [-0.2, -0.15) is 0 Å². The van der Waals surface area contributed by atoms with Crippen LogP contribution in [0.15, 0.2) is 42.6 Å². The summed E-state index contributed by atoms with van der Waals surface area (Å²) >= 11 is 5.90. The molecule has 0 aliphatic carbocycles. The van der Waals surface area contributed by atoms with E-state index in [4.69, 9.17) is 17.3 Å². The van der Waals surface area contributed by atoms with Gasteiger partial charge in [-0.1, -0.05) is 35.9 Å². The van der Waals surface area contributed by atoms with Crippen molar-refractivity contribution in [1.82, 2.24) is 9.88 Å². The van der Waals surface area contributed by atoms with Crippen LogP contribution in [0, 0.1) is 0 Å². The predicted octanol–water partition coefficient (Wildman–Crippen LogP) is 3.40. The molecule has 0 amide bonds. The summed E-state index contributed by atoms with van der Waals surface area (Å²) in [5, 5.41) is 0.685. The van der Waals surface area contributed by atoms with Gasteiger partial charge in [0, 0.05) is 38.9 Å². The smallest absolute Gasteiger partial charge is 0.128 e. The molecule has 0 radical (unpaired) electrons. The van der Waals surface area contributed by atoms with E-state index in [0.29, 0.717) is 11.6 Å². The fourth-order valence-electron chi connectivity index (χ4n) is 3.00. The molecule has 1 aliphatic heterocycles. The van der Waals surface area contributed by atoms with Crippen LogP contribution in [0.2, 0.25) is 5.02 Å². The van der Waals surface area contributed by atoms with Gasteiger partial charge in [-0.05, 0) is 36.2 Å². The molecule has 1 fully saturated rings. The molecule has 0 saturated carbocycles. The second-order valence-corrected chi connectivity index (χ2v) is 6.39. The Labute approximate surface area is 167 Å². The van der Waals surface area contributed by atoms with Crippen molar-refractivity contribution < 1.29 is 0 Å². The van der Waals surface area contributed by atoms with Crippen LogP contribution in [0.25, 0.3) is 0 Å². The van der Waals surface area contributed by atoms with Crippen molar-refractivity contribution >= 4 is 42.2 Å². The van der Waals surface area contributed by atoms with Crippen molar-refractivity contribution in [3.05, 3.63) is 58.7 Å². The summed E-state index contributed by atoms with van der Waals surface area (Å²) in [5.74, 6) is 1.01. The number of halogens is 3. The highest BCUT2D eigenvalue weighted by Crippen LogP contribution is 2.17. The van der Waals surface area contributed by atoms with Crippen molar-refractivity contribution in [3.63, 3.8) is 0 Å².